The van der Waals surface area contributed by atoms with E-state index in [2.05, 4.69) is 20.6 Å². The fraction of sp³-hybridized carbons (Fsp3) is 0.353. The van der Waals surface area contributed by atoms with Crippen LogP contribution in [0.1, 0.15) is 33.4 Å². The zero-order valence-electron chi connectivity index (χ0n) is 14.8. The Balaban J connectivity index is 1.64. The molecule has 0 aliphatic heterocycles. The van der Waals surface area contributed by atoms with Gasteiger partial charge in [-0.15, -0.1) is 0 Å². The predicted octanol–water partition coefficient (Wildman–Crippen LogP) is 2.18. The Hall–Kier alpha value is -2.87. The molecule has 25 heavy (non-hydrogen) atoms. The number of furan rings is 1. The first-order valence-corrected chi connectivity index (χ1v) is 8.01. The summed E-state index contributed by atoms with van der Waals surface area (Å²) in [5.74, 6) is 1.06. The number of aromatic amines is 1. The van der Waals surface area contributed by atoms with Crippen molar-refractivity contribution in [3.05, 3.63) is 52.9 Å². The molecule has 0 bridgehead atoms. The van der Waals surface area contributed by atoms with Gasteiger partial charge in [-0.25, -0.2) is 0 Å². The van der Waals surface area contributed by atoms with Gasteiger partial charge < -0.3 is 14.6 Å². The van der Waals surface area contributed by atoms with Crippen LogP contribution in [0.5, 0.6) is 0 Å². The molecule has 3 rings (SSSR count). The molecule has 3 aromatic heterocycles. The summed E-state index contributed by atoms with van der Waals surface area (Å²) in [5.41, 5.74) is 2.92. The van der Waals surface area contributed by atoms with Gasteiger partial charge in [0, 0.05) is 18.3 Å². The highest BCUT2D eigenvalue weighted by Gasteiger charge is 2.14. The number of carbonyl (C=O) groups is 1. The maximum atomic E-state index is 12.3. The highest BCUT2D eigenvalue weighted by Crippen LogP contribution is 2.14. The number of aryl methyl sites for hydroxylation is 2. The van der Waals surface area contributed by atoms with Crippen molar-refractivity contribution in [3.8, 4) is 0 Å². The van der Waals surface area contributed by atoms with Crippen LogP contribution >= 0.6 is 0 Å². The molecule has 0 radical (unpaired) electrons. The van der Waals surface area contributed by atoms with Crippen LogP contribution in [0.15, 0.2) is 28.7 Å². The van der Waals surface area contributed by atoms with Crippen LogP contribution < -0.4 is 5.32 Å². The van der Waals surface area contributed by atoms with Crippen molar-refractivity contribution in [2.24, 2.45) is 0 Å². The standard InChI is InChI=1S/C17H22N6O2/c1-11-7-12(2)23(21-11)10-14-5-6-15(25-14)17(24)18-16-8-13(19-20-16)9-22(3)4/h5-8H,9-10H2,1-4H3,(H2,18,19,20,24). The van der Waals surface area contributed by atoms with E-state index in [1.165, 1.54) is 0 Å². The van der Waals surface area contributed by atoms with Crippen molar-refractivity contribution in [2.75, 3.05) is 19.4 Å². The van der Waals surface area contributed by atoms with Crippen molar-refractivity contribution in [3.63, 3.8) is 0 Å². The van der Waals surface area contributed by atoms with Gasteiger partial charge in [-0.3, -0.25) is 14.6 Å². The zero-order valence-corrected chi connectivity index (χ0v) is 14.8. The Labute approximate surface area is 145 Å². The van der Waals surface area contributed by atoms with Crippen LogP contribution in [-0.4, -0.2) is 44.9 Å². The van der Waals surface area contributed by atoms with Gasteiger partial charge in [-0.05, 0) is 46.1 Å². The van der Waals surface area contributed by atoms with Gasteiger partial charge >= 0.3 is 0 Å². The minimum Gasteiger partial charge on any atom is -0.454 e. The summed E-state index contributed by atoms with van der Waals surface area (Å²) in [5, 5.41) is 14.1. The first-order chi connectivity index (χ1) is 11.9. The second-order valence-corrected chi connectivity index (χ2v) is 6.32. The monoisotopic (exact) mass is 342 g/mol. The normalized spacial score (nSPS) is 11.2. The molecular weight excluding hydrogens is 320 g/mol. The van der Waals surface area contributed by atoms with Crippen molar-refractivity contribution in [1.82, 2.24) is 24.9 Å². The number of H-pyrrole nitrogens is 1. The highest BCUT2D eigenvalue weighted by molar-refractivity contribution is 6.01. The number of amides is 1. The zero-order chi connectivity index (χ0) is 18.0. The number of hydrogen-bond acceptors (Lipinski definition) is 5. The van der Waals surface area contributed by atoms with Crippen LogP contribution in [-0.2, 0) is 13.1 Å². The van der Waals surface area contributed by atoms with E-state index in [1.807, 2.05) is 43.6 Å². The molecule has 0 atom stereocenters. The molecule has 8 nitrogen and oxygen atoms in total. The summed E-state index contributed by atoms with van der Waals surface area (Å²) in [7, 11) is 3.93. The number of hydrogen-bond donors (Lipinski definition) is 2. The van der Waals surface area contributed by atoms with Gasteiger partial charge in [0.1, 0.15) is 5.76 Å². The fourth-order valence-corrected chi connectivity index (χ4v) is 2.59. The lowest BCUT2D eigenvalue weighted by Gasteiger charge is -2.05. The predicted molar refractivity (Wildman–Crippen MR) is 93.4 cm³/mol. The summed E-state index contributed by atoms with van der Waals surface area (Å²) in [6.07, 6.45) is 0. The molecule has 0 spiro atoms. The Bertz CT molecular complexity index is 873. The van der Waals surface area contributed by atoms with E-state index in [1.54, 1.807) is 18.2 Å². The largest absolute Gasteiger partial charge is 0.454 e. The lowest BCUT2D eigenvalue weighted by atomic mass is 10.3. The van der Waals surface area contributed by atoms with E-state index >= 15 is 0 Å². The average molecular weight is 342 g/mol. The van der Waals surface area contributed by atoms with E-state index < -0.39 is 0 Å². The van der Waals surface area contributed by atoms with Crippen molar-refractivity contribution >= 4 is 11.7 Å². The highest BCUT2D eigenvalue weighted by atomic mass is 16.4. The second-order valence-electron chi connectivity index (χ2n) is 6.32. The van der Waals surface area contributed by atoms with Gasteiger partial charge in [-0.1, -0.05) is 0 Å². The minimum absolute atomic E-state index is 0.244. The number of nitrogens with one attached hydrogen (secondary N) is 2. The maximum Gasteiger partial charge on any atom is 0.292 e. The molecule has 0 aliphatic rings. The third kappa shape index (κ3) is 4.16. The summed E-state index contributed by atoms with van der Waals surface area (Å²) < 4.78 is 7.48. The third-order valence-electron chi connectivity index (χ3n) is 3.65. The number of carbonyl (C=O) groups excluding carboxylic acids is 1. The summed E-state index contributed by atoms with van der Waals surface area (Å²) in [6, 6.07) is 7.24. The van der Waals surface area contributed by atoms with Gasteiger partial charge in [-0.2, -0.15) is 10.2 Å². The third-order valence-corrected chi connectivity index (χ3v) is 3.65. The summed E-state index contributed by atoms with van der Waals surface area (Å²) >= 11 is 0. The maximum absolute atomic E-state index is 12.3. The van der Waals surface area contributed by atoms with Crippen molar-refractivity contribution in [2.45, 2.75) is 26.9 Å². The number of rotatable bonds is 6. The van der Waals surface area contributed by atoms with E-state index in [0.29, 0.717) is 18.1 Å². The van der Waals surface area contributed by atoms with Crippen LogP contribution in [0.4, 0.5) is 5.82 Å². The van der Waals surface area contributed by atoms with Crippen molar-refractivity contribution < 1.29 is 9.21 Å². The minimum atomic E-state index is -0.331. The van der Waals surface area contributed by atoms with E-state index in [0.717, 1.165) is 23.6 Å². The summed E-state index contributed by atoms with van der Waals surface area (Å²) in [6.45, 7) is 5.14. The topological polar surface area (TPSA) is 92.0 Å². The molecule has 0 aromatic carbocycles. The molecule has 3 aromatic rings. The fourth-order valence-electron chi connectivity index (χ4n) is 2.59. The first-order valence-electron chi connectivity index (χ1n) is 8.01. The van der Waals surface area contributed by atoms with Crippen LogP contribution in [0.3, 0.4) is 0 Å². The number of anilines is 1. The average Bonchev–Trinajstić information content (AvgIpc) is 3.21. The van der Waals surface area contributed by atoms with Crippen LogP contribution in [0.25, 0.3) is 0 Å². The molecule has 1 amide bonds. The van der Waals surface area contributed by atoms with Gasteiger partial charge in [0.15, 0.2) is 11.6 Å². The molecule has 8 heteroatoms. The number of aromatic nitrogens is 4. The lowest BCUT2D eigenvalue weighted by molar-refractivity contribution is 0.0994. The molecule has 3 heterocycles. The van der Waals surface area contributed by atoms with E-state index in [-0.39, 0.29) is 11.7 Å². The molecule has 2 N–H and O–H groups in total. The second kappa shape index (κ2) is 6.94. The Morgan fingerprint density at radius 1 is 1.32 bits per heavy atom. The molecule has 132 valence electrons. The first kappa shape index (κ1) is 17.0. The van der Waals surface area contributed by atoms with Gasteiger partial charge in [0.05, 0.1) is 17.9 Å². The van der Waals surface area contributed by atoms with Gasteiger partial charge in [0.2, 0.25) is 0 Å². The molecule has 0 saturated carbocycles. The Morgan fingerprint density at radius 2 is 2.12 bits per heavy atom. The van der Waals surface area contributed by atoms with E-state index in [4.69, 9.17) is 4.42 Å². The van der Waals surface area contributed by atoms with E-state index in [9.17, 15) is 4.79 Å². The molecule has 0 saturated heterocycles. The lowest BCUT2D eigenvalue weighted by Crippen LogP contribution is -2.11. The summed E-state index contributed by atoms with van der Waals surface area (Å²) in [4.78, 5) is 14.3. The Kier molecular flexibility index (Phi) is 4.71. The van der Waals surface area contributed by atoms with Gasteiger partial charge in [0.25, 0.3) is 5.91 Å². The Morgan fingerprint density at radius 3 is 2.80 bits per heavy atom. The van der Waals surface area contributed by atoms with Crippen LogP contribution in [0.2, 0.25) is 0 Å². The van der Waals surface area contributed by atoms with Crippen LogP contribution in [0, 0.1) is 13.8 Å². The smallest absolute Gasteiger partial charge is 0.292 e. The molecule has 0 fully saturated rings. The molecular formula is C17H22N6O2. The number of nitrogens with zero attached hydrogens (tertiary/aromatic N) is 4. The SMILES string of the molecule is Cc1cc(C)n(Cc2ccc(C(=O)Nc3cc(CN(C)C)[nH]n3)o2)n1. The molecule has 0 aliphatic carbocycles. The molecule has 0 unspecified atom stereocenters. The quantitative estimate of drug-likeness (QED) is 0.716. The van der Waals surface area contributed by atoms with Crippen molar-refractivity contribution in [1.29, 1.82) is 0 Å².